The lowest BCUT2D eigenvalue weighted by molar-refractivity contribution is -0.236. The molecule has 1 atom stereocenters. The van der Waals surface area contributed by atoms with Crippen LogP contribution in [0.2, 0.25) is 5.02 Å². The van der Waals surface area contributed by atoms with Gasteiger partial charge in [-0.1, -0.05) is 11.6 Å². The predicted molar refractivity (Wildman–Crippen MR) is 71.4 cm³/mol. The number of benzene rings is 1. The lowest BCUT2D eigenvalue weighted by Gasteiger charge is -2.57. The number of rotatable bonds is 3. The van der Waals surface area contributed by atoms with E-state index < -0.39 is 29.6 Å². The van der Waals surface area contributed by atoms with Crippen LogP contribution >= 0.6 is 11.6 Å². The van der Waals surface area contributed by atoms with Crippen molar-refractivity contribution in [3.05, 3.63) is 29.0 Å². The number of ether oxygens (including phenoxy) is 2. The van der Waals surface area contributed by atoms with E-state index >= 15 is 0 Å². The average Bonchev–Trinajstić information content (AvgIpc) is 2.38. The van der Waals surface area contributed by atoms with Crippen molar-refractivity contribution in [1.29, 1.82) is 0 Å². The topological polar surface area (TPSA) is 47.6 Å². The summed E-state index contributed by atoms with van der Waals surface area (Å²) >= 11 is 5.85. The molecule has 1 aromatic rings. The van der Waals surface area contributed by atoms with Gasteiger partial charge < -0.3 is 9.47 Å². The molecule has 1 aliphatic carbocycles. The fourth-order valence-corrected chi connectivity index (χ4v) is 3.07. The van der Waals surface area contributed by atoms with Crippen LogP contribution in [0.1, 0.15) is 12.8 Å². The van der Waals surface area contributed by atoms with Gasteiger partial charge in [0.05, 0.1) is 5.02 Å². The first-order valence-electron chi connectivity index (χ1n) is 6.82. The second-order valence-electron chi connectivity index (χ2n) is 5.75. The minimum absolute atomic E-state index is 0.123. The Morgan fingerprint density at radius 3 is 2.57 bits per heavy atom. The Labute approximate surface area is 133 Å². The highest BCUT2D eigenvalue weighted by atomic mass is 35.5. The second-order valence-corrected chi connectivity index (χ2v) is 6.16. The molecule has 1 aliphatic heterocycles. The van der Waals surface area contributed by atoms with E-state index in [0.29, 0.717) is 25.1 Å². The van der Waals surface area contributed by atoms with Gasteiger partial charge in [0, 0.05) is 12.0 Å². The average molecular weight is 354 g/mol. The maximum atomic E-state index is 12.9. The van der Waals surface area contributed by atoms with Gasteiger partial charge in [-0.2, -0.15) is 13.2 Å². The Balaban J connectivity index is 1.55. The molecular weight excluding hydrogens is 342 g/mol. The van der Waals surface area contributed by atoms with Crippen LogP contribution in [0.5, 0.6) is 5.75 Å². The summed E-state index contributed by atoms with van der Waals surface area (Å²) in [5, 5.41) is 2.79. The van der Waals surface area contributed by atoms with Crippen LogP contribution in [0.25, 0.3) is 0 Å². The normalized spacial score (nSPS) is 29.6. The molecule has 1 heterocycles. The standard InChI is InChI=1S/C14H12ClF4NO3/c15-9-3-7(16)1-2-10(9)22-8-4-13(5-8)6-20-11(13)23-12(21)14(17,18)19/h1-3,8,11,20H,4-6H2. The summed E-state index contributed by atoms with van der Waals surface area (Å²) in [7, 11) is 0. The number of esters is 1. The zero-order valence-electron chi connectivity index (χ0n) is 11.6. The fourth-order valence-electron chi connectivity index (χ4n) is 2.85. The third-order valence-corrected chi connectivity index (χ3v) is 4.40. The molecule has 1 N–H and O–H groups in total. The summed E-state index contributed by atoms with van der Waals surface area (Å²) in [5.41, 5.74) is -0.544. The van der Waals surface area contributed by atoms with Crippen LogP contribution in [0.4, 0.5) is 17.6 Å². The van der Waals surface area contributed by atoms with Gasteiger partial charge in [0.15, 0.2) is 6.23 Å². The molecule has 9 heteroatoms. The van der Waals surface area contributed by atoms with Gasteiger partial charge in [0.25, 0.3) is 0 Å². The van der Waals surface area contributed by atoms with E-state index in [1.807, 2.05) is 0 Å². The maximum Gasteiger partial charge on any atom is 0.490 e. The lowest BCUT2D eigenvalue weighted by Crippen LogP contribution is -2.71. The zero-order valence-corrected chi connectivity index (χ0v) is 12.4. The van der Waals surface area contributed by atoms with Crippen molar-refractivity contribution in [2.75, 3.05) is 6.54 Å². The zero-order chi connectivity index (χ0) is 16.8. The molecule has 2 aliphatic rings. The number of hydrogen-bond acceptors (Lipinski definition) is 4. The minimum atomic E-state index is -5.01. The summed E-state index contributed by atoms with van der Waals surface area (Å²) in [4.78, 5) is 10.9. The highest BCUT2D eigenvalue weighted by Crippen LogP contribution is 2.50. The lowest BCUT2D eigenvalue weighted by atomic mass is 9.61. The van der Waals surface area contributed by atoms with Gasteiger partial charge >= 0.3 is 12.1 Å². The first-order chi connectivity index (χ1) is 10.7. The van der Waals surface area contributed by atoms with E-state index in [-0.39, 0.29) is 11.1 Å². The van der Waals surface area contributed by atoms with Crippen molar-refractivity contribution in [3.8, 4) is 5.75 Å². The molecule has 4 nitrogen and oxygen atoms in total. The molecule has 0 amide bonds. The summed E-state index contributed by atoms with van der Waals surface area (Å²) < 4.78 is 59.6. The molecule has 0 bridgehead atoms. The molecule has 126 valence electrons. The van der Waals surface area contributed by atoms with Gasteiger partial charge in [-0.05, 0) is 31.0 Å². The Bertz CT molecular complexity index is 631. The Morgan fingerprint density at radius 2 is 2.04 bits per heavy atom. The largest absolute Gasteiger partial charge is 0.490 e. The Kier molecular flexibility index (Phi) is 3.92. The highest BCUT2D eigenvalue weighted by molar-refractivity contribution is 6.32. The number of carbonyl (C=O) groups excluding carboxylic acids is 1. The van der Waals surface area contributed by atoms with Crippen molar-refractivity contribution in [1.82, 2.24) is 5.32 Å². The van der Waals surface area contributed by atoms with Crippen LogP contribution in [-0.2, 0) is 9.53 Å². The molecule has 1 aromatic carbocycles. The van der Waals surface area contributed by atoms with Crippen LogP contribution in [0.15, 0.2) is 18.2 Å². The Morgan fingerprint density at radius 1 is 1.35 bits per heavy atom. The van der Waals surface area contributed by atoms with Crippen LogP contribution in [-0.4, -0.2) is 31.0 Å². The smallest absolute Gasteiger partial charge is 0.489 e. The van der Waals surface area contributed by atoms with Crippen molar-refractivity contribution in [2.45, 2.75) is 31.3 Å². The summed E-state index contributed by atoms with van der Waals surface area (Å²) in [6.07, 6.45) is -5.42. The Hall–Kier alpha value is -1.54. The van der Waals surface area contributed by atoms with Crippen molar-refractivity contribution < 1.29 is 31.8 Å². The third-order valence-electron chi connectivity index (χ3n) is 4.11. The van der Waals surface area contributed by atoms with Gasteiger partial charge in [0.2, 0.25) is 0 Å². The third kappa shape index (κ3) is 3.10. The molecule has 0 aromatic heterocycles. The minimum Gasteiger partial charge on any atom is -0.489 e. The monoisotopic (exact) mass is 353 g/mol. The van der Waals surface area contributed by atoms with Gasteiger partial charge in [-0.25, -0.2) is 9.18 Å². The number of hydrogen-bond donors (Lipinski definition) is 1. The summed E-state index contributed by atoms with van der Waals surface area (Å²) in [6, 6.07) is 3.71. The molecule has 1 spiro atoms. The molecular formula is C14H12ClF4NO3. The molecule has 23 heavy (non-hydrogen) atoms. The molecule has 0 radical (unpaired) electrons. The van der Waals surface area contributed by atoms with Crippen molar-refractivity contribution in [3.63, 3.8) is 0 Å². The van der Waals surface area contributed by atoms with Crippen LogP contribution in [0.3, 0.4) is 0 Å². The van der Waals surface area contributed by atoms with E-state index in [1.165, 1.54) is 12.1 Å². The van der Waals surface area contributed by atoms with E-state index in [2.05, 4.69) is 10.1 Å². The maximum absolute atomic E-state index is 12.9. The number of alkyl halides is 3. The molecule has 1 unspecified atom stereocenters. The number of carbonyl (C=O) groups is 1. The SMILES string of the molecule is O=C(OC1NCC12CC(Oc1ccc(F)cc1Cl)C2)C(F)(F)F. The molecule has 1 saturated carbocycles. The number of nitrogens with one attached hydrogen (secondary N) is 1. The molecule has 1 saturated heterocycles. The van der Waals surface area contributed by atoms with Crippen LogP contribution < -0.4 is 10.1 Å². The summed E-state index contributed by atoms with van der Waals surface area (Å²) in [6.45, 7) is 0.444. The first-order valence-corrected chi connectivity index (χ1v) is 7.20. The highest BCUT2D eigenvalue weighted by Gasteiger charge is 2.60. The van der Waals surface area contributed by atoms with Gasteiger partial charge in [-0.15, -0.1) is 0 Å². The van der Waals surface area contributed by atoms with Gasteiger partial charge in [-0.3, -0.25) is 5.32 Å². The molecule has 2 fully saturated rings. The number of halogens is 5. The fraction of sp³-hybridized carbons (Fsp3) is 0.500. The van der Waals surface area contributed by atoms with E-state index in [0.717, 1.165) is 6.07 Å². The second kappa shape index (κ2) is 5.52. The molecule has 3 rings (SSSR count). The predicted octanol–water partition coefficient (Wildman–Crippen LogP) is 3.04. The van der Waals surface area contributed by atoms with Crippen LogP contribution in [0, 0.1) is 11.2 Å². The van der Waals surface area contributed by atoms with E-state index in [1.54, 1.807) is 0 Å². The quantitative estimate of drug-likeness (QED) is 0.670. The van der Waals surface area contributed by atoms with Gasteiger partial charge in [0.1, 0.15) is 17.7 Å². The van der Waals surface area contributed by atoms with Crippen molar-refractivity contribution >= 4 is 17.6 Å². The first kappa shape index (κ1) is 16.3. The van der Waals surface area contributed by atoms with E-state index in [4.69, 9.17) is 16.3 Å². The summed E-state index contributed by atoms with van der Waals surface area (Å²) in [5.74, 6) is -2.39. The van der Waals surface area contributed by atoms with Crippen molar-refractivity contribution in [2.24, 2.45) is 5.41 Å². The van der Waals surface area contributed by atoms with E-state index in [9.17, 15) is 22.4 Å².